The molecule has 0 N–H and O–H groups in total. The Kier molecular flexibility index (Phi) is 4.73. The predicted molar refractivity (Wildman–Crippen MR) is 64.9 cm³/mol. The molecular weight excluding hydrogens is 282 g/mol. The first-order chi connectivity index (χ1) is 8.15. The Bertz CT molecular complexity index is 501. The number of sulfonamides is 1. The van der Waals surface area contributed by atoms with Crippen LogP contribution in [0.1, 0.15) is 12.8 Å². The van der Waals surface area contributed by atoms with E-state index in [4.69, 9.17) is 0 Å². The summed E-state index contributed by atoms with van der Waals surface area (Å²) in [6.07, 6.45) is 1.59. The minimum atomic E-state index is -3.80. The number of hydrogen-bond acceptors (Lipinski definition) is 6. The summed E-state index contributed by atoms with van der Waals surface area (Å²) in [4.78, 5) is 11.3. The van der Waals surface area contributed by atoms with Crippen molar-refractivity contribution in [2.75, 3.05) is 31.5 Å². The fourth-order valence-corrected chi connectivity index (χ4v) is 5.41. The van der Waals surface area contributed by atoms with Crippen LogP contribution in [0.15, 0.2) is 0 Å². The van der Waals surface area contributed by atoms with Gasteiger partial charge in [0.2, 0.25) is 10.0 Å². The molecule has 1 heterocycles. The molecule has 0 amide bonds. The molecule has 0 unspecified atom stereocenters. The van der Waals surface area contributed by atoms with E-state index in [1.165, 1.54) is 7.11 Å². The average molecular weight is 299 g/mol. The van der Waals surface area contributed by atoms with Crippen molar-refractivity contribution in [3.63, 3.8) is 0 Å². The first-order valence-corrected chi connectivity index (χ1v) is 9.06. The van der Waals surface area contributed by atoms with Crippen LogP contribution in [-0.4, -0.2) is 58.7 Å². The van der Waals surface area contributed by atoms with Gasteiger partial charge in [0.25, 0.3) is 0 Å². The molecule has 106 valence electrons. The molecule has 0 aromatic heterocycles. The van der Waals surface area contributed by atoms with Crippen LogP contribution >= 0.6 is 0 Å². The highest BCUT2D eigenvalue weighted by molar-refractivity contribution is 8.06. The number of carbonyl (C=O) groups is 1. The van der Waals surface area contributed by atoms with Crippen molar-refractivity contribution < 1.29 is 26.4 Å². The highest BCUT2D eigenvalue weighted by Gasteiger charge is 2.33. The number of carbonyl (C=O) groups excluding carboxylic acids is 1. The number of piperidine rings is 1. The van der Waals surface area contributed by atoms with E-state index in [0.717, 1.165) is 10.6 Å². The van der Waals surface area contributed by atoms with Gasteiger partial charge in [0.05, 0.1) is 13.0 Å². The zero-order chi connectivity index (χ0) is 14.0. The SMILES string of the molecule is COC(=O)C1CCN(S(=O)(=O)CS(C)(=O)=O)CC1. The van der Waals surface area contributed by atoms with Crippen LogP contribution in [0.4, 0.5) is 0 Å². The van der Waals surface area contributed by atoms with E-state index in [0.29, 0.717) is 12.8 Å². The van der Waals surface area contributed by atoms with Crippen molar-refractivity contribution in [2.24, 2.45) is 5.92 Å². The fourth-order valence-electron chi connectivity index (χ4n) is 1.88. The molecule has 9 heteroatoms. The fraction of sp³-hybridized carbons (Fsp3) is 0.889. The van der Waals surface area contributed by atoms with Gasteiger partial charge in [-0.05, 0) is 12.8 Å². The zero-order valence-electron chi connectivity index (χ0n) is 10.3. The van der Waals surface area contributed by atoms with Crippen molar-refractivity contribution in [2.45, 2.75) is 12.8 Å². The van der Waals surface area contributed by atoms with E-state index in [-0.39, 0.29) is 25.0 Å². The van der Waals surface area contributed by atoms with Gasteiger partial charge in [-0.1, -0.05) is 0 Å². The maximum absolute atomic E-state index is 11.8. The lowest BCUT2D eigenvalue weighted by molar-refractivity contribution is -0.146. The van der Waals surface area contributed by atoms with Crippen LogP contribution < -0.4 is 0 Å². The van der Waals surface area contributed by atoms with Crippen molar-refractivity contribution in [1.29, 1.82) is 0 Å². The second kappa shape index (κ2) is 5.54. The second-order valence-corrected chi connectivity index (χ2v) is 8.83. The maximum Gasteiger partial charge on any atom is 0.308 e. The monoisotopic (exact) mass is 299 g/mol. The Labute approximate surface area is 107 Å². The molecule has 18 heavy (non-hydrogen) atoms. The first-order valence-electron chi connectivity index (χ1n) is 5.39. The minimum absolute atomic E-state index is 0.150. The molecule has 0 aromatic rings. The van der Waals surface area contributed by atoms with Gasteiger partial charge in [0.1, 0.15) is 0 Å². The molecule has 1 fully saturated rings. The van der Waals surface area contributed by atoms with Gasteiger partial charge in [-0.25, -0.2) is 21.1 Å². The van der Waals surface area contributed by atoms with E-state index < -0.39 is 24.9 Å². The molecule has 0 atom stereocenters. The van der Waals surface area contributed by atoms with Gasteiger partial charge in [-0.3, -0.25) is 4.79 Å². The summed E-state index contributed by atoms with van der Waals surface area (Å²) in [5.74, 6) is -0.658. The smallest absolute Gasteiger partial charge is 0.308 e. The summed E-state index contributed by atoms with van der Waals surface area (Å²) in [6.45, 7) is 0.301. The molecule has 0 aliphatic carbocycles. The topological polar surface area (TPSA) is 97.8 Å². The molecule has 0 aromatic carbocycles. The number of hydrogen-bond donors (Lipinski definition) is 0. The largest absolute Gasteiger partial charge is 0.469 e. The predicted octanol–water partition coefficient (Wildman–Crippen LogP) is -0.797. The number of methoxy groups -OCH3 is 1. The maximum atomic E-state index is 11.8. The summed E-state index contributed by atoms with van der Waals surface area (Å²) in [6, 6.07) is 0. The lowest BCUT2D eigenvalue weighted by Crippen LogP contribution is -2.42. The Morgan fingerprint density at radius 2 is 1.72 bits per heavy atom. The third-order valence-corrected chi connectivity index (χ3v) is 6.80. The molecular formula is C9H17NO6S2. The van der Waals surface area contributed by atoms with Gasteiger partial charge in [-0.15, -0.1) is 0 Å². The third kappa shape index (κ3) is 4.21. The van der Waals surface area contributed by atoms with Gasteiger partial charge in [0.15, 0.2) is 14.9 Å². The summed E-state index contributed by atoms with van der Waals surface area (Å²) >= 11 is 0. The number of sulfone groups is 1. The Morgan fingerprint density at radius 1 is 1.22 bits per heavy atom. The van der Waals surface area contributed by atoms with Crippen LogP contribution in [0, 0.1) is 5.92 Å². The summed E-state index contributed by atoms with van der Waals surface area (Å²) in [7, 11) is -6.10. The van der Waals surface area contributed by atoms with Crippen LogP contribution in [0.5, 0.6) is 0 Å². The molecule has 0 radical (unpaired) electrons. The highest BCUT2D eigenvalue weighted by Crippen LogP contribution is 2.21. The van der Waals surface area contributed by atoms with Gasteiger partial charge in [-0.2, -0.15) is 0 Å². The molecule has 7 nitrogen and oxygen atoms in total. The van der Waals surface area contributed by atoms with E-state index >= 15 is 0 Å². The van der Waals surface area contributed by atoms with Crippen molar-refractivity contribution >= 4 is 25.8 Å². The van der Waals surface area contributed by atoms with Crippen LogP contribution in [-0.2, 0) is 29.4 Å². The standard InChI is InChI=1S/C9H17NO6S2/c1-16-9(11)8-3-5-10(6-4-8)18(14,15)7-17(2,12)13/h8H,3-7H2,1-2H3. The summed E-state index contributed by atoms with van der Waals surface area (Å²) in [5, 5.41) is -0.886. The zero-order valence-corrected chi connectivity index (χ0v) is 12.0. The Balaban J connectivity index is 2.66. The molecule has 1 aliphatic heterocycles. The first kappa shape index (κ1) is 15.4. The van der Waals surface area contributed by atoms with E-state index in [9.17, 15) is 21.6 Å². The molecule has 1 saturated heterocycles. The van der Waals surface area contributed by atoms with Crippen LogP contribution in [0.25, 0.3) is 0 Å². The minimum Gasteiger partial charge on any atom is -0.469 e. The molecule has 0 saturated carbocycles. The molecule has 1 aliphatic rings. The second-order valence-electron chi connectivity index (χ2n) is 4.35. The van der Waals surface area contributed by atoms with E-state index in [1.807, 2.05) is 0 Å². The molecule has 0 spiro atoms. The Hall–Kier alpha value is -0.670. The van der Waals surface area contributed by atoms with Gasteiger partial charge < -0.3 is 4.74 Å². The summed E-state index contributed by atoms with van der Waals surface area (Å²) < 4.78 is 51.3. The lowest BCUT2D eigenvalue weighted by Gasteiger charge is -2.29. The quantitative estimate of drug-likeness (QED) is 0.631. The van der Waals surface area contributed by atoms with Crippen LogP contribution in [0.2, 0.25) is 0 Å². The van der Waals surface area contributed by atoms with Crippen molar-refractivity contribution in [3.05, 3.63) is 0 Å². The number of nitrogens with zero attached hydrogens (tertiary/aromatic N) is 1. The number of esters is 1. The van der Waals surface area contributed by atoms with E-state index in [2.05, 4.69) is 4.74 Å². The van der Waals surface area contributed by atoms with Crippen molar-refractivity contribution in [1.82, 2.24) is 4.31 Å². The normalized spacial score (nSPS) is 19.7. The van der Waals surface area contributed by atoms with Gasteiger partial charge >= 0.3 is 5.97 Å². The molecule has 0 bridgehead atoms. The van der Waals surface area contributed by atoms with E-state index in [1.54, 1.807) is 0 Å². The highest BCUT2D eigenvalue weighted by atomic mass is 32.3. The number of ether oxygens (including phenoxy) is 1. The third-order valence-electron chi connectivity index (χ3n) is 2.74. The lowest BCUT2D eigenvalue weighted by atomic mass is 9.99. The summed E-state index contributed by atoms with van der Waals surface area (Å²) in [5.41, 5.74) is 0. The van der Waals surface area contributed by atoms with Gasteiger partial charge in [0, 0.05) is 19.3 Å². The Morgan fingerprint density at radius 3 is 2.11 bits per heavy atom. The average Bonchev–Trinajstić information content (AvgIpc) is 2.25. The molecule has 1 rings (SSSR count). The van der Waals surface area contributed by atoms with Crippen LogP contribution in [0.3, 0.4) is 0 Å². The van der Waals surface area contributed by atoms with Crippen molar-refractivity contribution in [3.8, 4) is 0 Å². The number of rotatable bonds is 4.